The topological polar surface area (TPSA) is 97.8 Å². The molecule has 1 unspecified atom stereocenters. The standard InChI is InChI=1S/C31H39N3O5S2/c1-3-24-10-12-25(13-11-24)27-14-15-28(40-27)31(21-29(35)33-39-30-9-4-5-19-38-30)16-17-34(18-20-41(31,36)37)22-26-8-6-7-23(2)32-26/h6-8,10-15,30H,3-5,9,16-22H2,1-2H3,(H,33,35)/t30?,31-/m0/s1. The Bertz CT molecular complexity index is 1430. The lowest BCUT2D eigenvalue weighted by molar-refractivity contribution is -0.200. The molecule has 8 nitrogen and oxygen atoms in total. The summed E-state index contributed by atoms with van der Waals surface area (Å²) in [4.78, 5) is 27.3. The van der Waals surface area contributed by atoms with E-state index in [4.69, 9.17) is 9.57 Å². The van der Waals surface area contributed by atoms with Crippen molar-refractivity contribution < 1.29 is 22.8 Å². The van der Waals surface area contributed by atoms with Gasteiger partial charge in [0.25, 0.3) is 0 Å². The largest absolute Gasteiger partial charge is 0.350 e. The van der Waals surface area contributed by atoms with Crippen molar-refractivity contribution in [2.24, 2.45) is 0 Å². The van der Waals surface area contributed by atoms with Crippen LogP contribution in [0, 0.1) is 6.92 Å². The summed E-state index contributed by atoms with van der Waals surface area (Å²) in [6.07, 6.45) is 3.14. The molecule has 2 fully saturated rings. The van der Waals surface area contributed by atoms with Crippen molar-refractivity contribution in [3.63, 3.8) is 0 Å². The van der Waals surface area contributed by atoms with Crippen LogP contribution in [-0.2, 0) is 41.9 Å². The highest BCUT2D eigenvalue weighted by molar-refractivity contribution is 7.92. The SMILES string of the molecule is CCc1ccc(-c2ccc([C@@]3(CC(=O)NOC4CCCCO4)CCN(Cc4cccc(C)n4)CCS3(=O)=O)s2)cc1. The van der Waals surface area contributed by atoms with E-state index in [0.717, 1.165) is 41.1 Å². The molecule has 1 N–H and O–H groups in total. The van der Waals surface area contributed by atoms with Gasteiger partial charge in [0.05, 0.1) is 17.9 Å². The second-order valence-corrected chi connectivity index (χ2v) is 14.4. The van der Waals surface area contributed by atoms with Crippen LogP contribution in [0.3, 0.4) is 0 Å². The maximum Gasteiger partial charge on any atom is 0.245 e. The van der Waals surface area contributed by atoms with Crippen LogP contribution in [0.25, 0.3) is 10.4 Å². The third kappa shape index (κ3) is 7.06. The number of aromatic nitrogens is 1. The number of benzene rings is 1. The van der Waals surface area contributed by atoms with Crippen molar-refractivity contribution in [3.05, 3.63) is 76.4 Å². The first kappa shape index (κ1) is 29.8. The molecule has 0 aliphatic carbocycles. The number of rotatable bonds is 9. The van der Waals surface area contributed by atoms with Crippen molar-refractivity contribution in [2.75, 3.05) is 25.4 Å². The lowest BCUT2D eigenvalue weighted by atomic mass is 9.97. The molecule has 0 spiro atoms. The summed E-state index contributed by atoms with van der Waals surface area (Å²) >= 11 is 1.46. The average molecular weight is 598 g/mol. The number of nitrogens with one attached hydrogen (secondary N) is 1. The molecule has 1 aromatic carbocycles. The first-order chi connectivity index (χ1) is 19.8. The molecule has 41 heavy (non-hydrogen) atoms. The Kier molecular flexibility index (Phi) is 9.56. The highest BCUT2D eigenvalue weighted by Crippen LogP contribution is 2.45. The summed E-state index contributed by atoms with van der Waals surface area (Å²) in [7, 11) is -3.73. The summed E-state index contributed by atoms with van der Waals surface area (Å²) in [5, 5.41) is 0. The third-order valence-electron chi connectivity index (χ3n) is 8.03. The van der Waals surface area contributed by atoms with Gasteiger partial charge in [-0.2, -0.15) is 0 Å². The number of aryl methyl sites for hydroxylation is 2. The van der Waals surface area contributed by atoms with E-state index in [-0.39, 0.29) is 12.2 Å². The smallest absolute Gasteiger partial charge is 0.245 e. The average Bonchev–Trinajstić information content (AvgIpc) is 3.44. The van der Waals surface area contributed by atoms with Gasteiger partial charge in [0.1, 0.15) is 4.75 Å². The van der Waals surface area contributed by atoms with Crippen molar-refractivity contribution in [1.82, 2.24) is 15.4 Å². The Labute approximate surface area is 247 Å². The third-order valence-corrected chi connectivity index (χ3v) is 12.0. The zero-order valence-electron chi connectivity index (χ0n) is 23.8. The van der Waals surface area contributed by atoms with E-state index in [0.29, 0.717) is 44.0 Å². The molecule has 2 aliphatic heterocycles. The van der Waals surface area contributed by atoms with Crippen LogP contribution in [-0.4, -0.2) is 55.9 Å². The molecule has 0 saturated carbocycles. The number of nitrogens with zero attached hydrogens (tertiary/aromatic N) is 2. The second kappa shape index (κ2) is 13.1. The maximum atomic E-state index is 14.2. The molecule has 3 aromatic rings. The van der Waals surface area contributed by atoms with Gasteiger partial charge in [0.2, 0.25) is 5.91 Å². The lowest BCUT2D eigenvalue weighted by Gasteiger charge is -2.31. The summed E-state index contributed by atoms with van der Waals surface area (Å²) in [6, 6.07) is 18.1. The van der Waals surface area contributed by atoms with Crippen molar-refractivity contribution in [3.8, 4) is 10.4 Å². The molecule has 2 aliphatic rings. The van der Waals surface area contributed by atoms with Crippen LogP contribution in [0.4, 0.5) is 0 Å². The lowest BCUT2D eigenvalue weighted by Crippen LogP contribution is -2.43. The van der Waals surface area contributed by atoms with Crippen LogP contribution in [0.15, 0.2) is 54.6 Å². The molecule has 0 radical (unpaired) electrons. The summed E-state index contributed by atoms with van der Waals surface area (Å²) < 4.78 is 32.5. The number of hydroxylamine groups is 1. The van der Waals surface area contributed by atoms with E-state index in [1.807, 2.05) is 37.3 Å². The minimum absolute atomic E-state index is 0.0445. The molecular formula is C31H39N3O5S2. The van der Waals surface area contributed by atoms with E-state index < -0.39 is 26.8 Å². The number of hydrogen-bond donors (Lipinski definition) is 1. The molecular weight excluding hydrogens is 558 g/mol. The highest BCUT2D eigenvalue weighted by Gasteiger charge is 2.49. The van der Waals surface area contributed by atoms with E-state index in [1.54, 1.807) is 0 Å². The van der Waals surface area contributed by atoms with Gasteiger partial charge in [-0.3, -0.25) is 14.7 Å². The summed E-state index contributed by atoms with van der Waals surface area (Å²) in [6.45, 7) is 6.11. The predicted molar refractivity (Wildman–Crippen MR) is 161 cm³/mol. The quantitative estimate of drug-likeness (QED) is 0.340. The Hall–Kier alpha value is -2.63. The molecule has 0 bridgehead atoms. The Morgan fingerprint density at radius 2 is 1.98 bits per heavy atom. The van der Waals surface area contributed by atoms with E-state index in [9.17, 15) is 13.2 Å². The zero-order chi connectivity index (χ0) is 28.9. The first-order valence-electron chi connectivity index (χ1n) is 14.4. The van der Waals surface area contributed by atoms with Crippen molar-refractivity contribution in [2.45, 2.75) is 70.0 Å². The van der Waals surface area contributed by atoms with E-state index >= 15 is 0 Å². The Morgan fingerprint density at radius 3 is 2.71 bits per heavy atom. The number of amides is 1. The normalized spacial score (nSPS) is 23.1. The van der Waals surface area contributed by atoms with Gasteiger partial charge in [0, 0.05) is 48.1 Å². The van der Waals surface area contributed by atoms with E-state index in [2.05, 4.69) is 46.6 Å². The van der Waals surface area contributed by atoms with E-state index in [1.165, 1.54) is 16.9 Å². The molecule has 2 aromatic heterocycles. The minimum atomic E-state index is -3.73. The Balaban J connectivity index is 1.42. The van der Waals surface area contributed by atoms with Gasteiger partial charge in [-0.25, -0.2) is 18.7 Å². The molecule has 1 amide bonds. The summed E-state index contributed by atoms with van der Waals surface area (Å²) in [5.41, 5.74) is 6.63. The molecule has 4 heterocycles. The number of thiophene rings is 1. The number of carbonyl (C=O) groups excluding carboxylic acids is 1. The fourth-order valence-electron chi connectivity index (χ4n) is 5.56. The molecule has 10 heteroatoms. The van der Waals surface area contributed by atoms with Gasteiger partial charge in [0.15, 0.2) is 16.1 Å². The summed E-state index contributed by atoms with van der Waals surface area (Å²) in [5.74, 6) is -0.504. The fourth-order valence-corrected chi connectivity index (χ4v) is 9.21. The second-order valence-electron chi connectivity index (χ2n) is 10.9. The number of carbonyl (C=O) groups is 1. The number of ether oxygens (including phenoxy) is 1. The number of hydrogen-bond acceptors (Lipinski definition) is 8. The number of sulfone groups is 1. The molecule has 220 valence electrons. The molecule has 5 rings (SSSR count). The predicted octanol–water partition coefficient (Wildman–Crippen LogP) is 5.16. The maximum absolute atomic E-state index is 14.2. The van der Waals surface area contributed by atoms with Gasteiger partial charge in [-0.1, -0.05) is 37.3 Å². The van der Waals surface area contributed by atoms with Crippen molar-refractivity contribution >= 4 is 27.1 Å². The minimum Gasteiger partial charge on any atom is -0.350 e. The number of pyridine rings is 1. The van der Waals surface area contributed by atoms with Crippen LogP contribution in [0.2, 0.25) is 0 Å². The van der Waals surface area contributed by atoms with Gasteiger partial charge in [-0.15, -0.1) is 11.3 Å². The van der Waals surface area contributed by atoms with Gasteiger partial charge < -0.3 is 4.74 Å². The first-order valence-corrected chi connectivity index (χ1v) is 16.9. The monoisotopic (exact) mass is 597 g/mol. The van der Waals surface area contributed by atoms with Crippen molar-refractivity contribution in [1.29, 1.82) is 0 Å². The Morgan fingerprint density at radius 1 is 1.15 bits per heavy atom. The van der Waals surface area contributed by atoms with Gasteiger partial charge in [-0.05, 0) is 68.0 Å². The van der Waals surface area contributed by atoms with Crippen LogP contribution >= 0.6 is 11.3 Å². The zero-order valence-corrected chi connectivity index (χ0v) is 25.4. The fraction of sp³-hybridized carbons (Fsp3) is 0.484. The van der Waals surface area contributed by atoms with Crippen LogP contribution in [0.1, 0.15) is 60.9 Å². The molecule has 2 atom stereocenters. The van der Waals surface area contributed by atoms with Crippen LogP contribution in [0.5, 0.6) is 0 Å². The van der Waals surface area contributed by atoms with Crippen LogP contribution < -0.4 is 5.48 Å². The van der Waals surface area contributed by atoms with Gasteiger partial charge >= 0.3 is 0 Å². The highest BCUT2D eigenvalue weighted by atomic mass is 32.2. The molecule has 2 saturated heterocycles.